The Morgan fingerprint density at radius 3 is 2.40 bits per heavy atom. The van der Waals surface area contributed by atoms with Gasteiger partial charge in [-0.25, -0.2) is 4.99 Å². The largest absolute Gasteiger partial charge is 0.484 e. The van der Waals surface area contributed by atoms with Gasteiger partial charge in [0.1, 0.15) is 10.8 Å². The molecule has 1 heterocycles. The van der Waals surface area contributed by atoms with Gasteiger partial charge in [-0.15, -0.1) is 11.3 Å². The van der Waals surface area contributed by atoms with Crippen LogP contribution in [0.3, 0.4) is 0 Å². The van der Waals surface area contributed by atoms with E-state index in [-0.39, 0.29) is 12.5 Å². The molecule has 0 saturated carbocycles. The predicted octanol–water partition coefficient (Wildman–Crippen LogP) is 5.89. The first-order valence-corrected chi connectivity index (χ1v) is 12.8. The summed E-state index contributed by atoms with van der Waals surface area (Å²) in [6.07, 6.45) is 8.31. The third-order valence-corrected chi connectivity index (χ3v) is 7.15. The minimum absolute atomic E-state index is 0.101. The first kappa shape index (κ1) is 24.7. The van der Waals surface area contributed by atoms with Gasteiger partial charge in [0.25, 0.3) is 11.8 Å². The van der Waals surface area contributed by atoms with Crippen molar-refractivity contribution in [1.82, 2.24) is 0 Å². The number of amides is 2. The summed E-state index contributed by atoms with van der Waals surface area (Å²) in [5.41, 5.74) is 10.9. The normalized spacial score (nSPS) is 13.7. The second-order valence-electron chi connectivity index (χ2n) is 9.01. The number of primary amides is 1. The van der Waals surface area contributed by atoms with Crippen molar-refractivity contribution in [3.05, 3.63) is 75.2 Å². The maximum Gasteiger partial charge on any atom is 0.259 e. The Morgan fingerprint density at radius 2 is 1.71 bits per heavy atom. The van der Waals surface area contributed by atoms with Crippen LogP contribution in [0, 0.1) is 13.8 Å². The highest BCUT2D eigenvalue weighted by Crippen LogP contribution is 2.39. The monoisotopic (exact) mass is 489 g/mol. The molecule has 0 bridgehead atoms. The fraction of sp³-hybridized carbons (Fsp3) is 0.321. The molecule has 0 unspecified atom stereocenters. The zero-order valence-electron chi connectivity index (χ0n) is 20.2. The lowest BCUT2D eigenvalue weighted by atomic mass is 9.96. The van der Waals surface area contributed by atoms with Gasteiger partial charge in [-0.05, 0) is 98.2 Å². The third kappa shape index (κ3) is 6.57. The van der Waals surface area contributed by atoms with Crippen LogP contribution in [0.15, 0.2) is 47.5 Å². The van der Waals surface area contributed by atoms with Crippen LogP contribution in [-0.2, 0) is 17.6 Å². The van der Waals surface area contributed by atoms with Gasteiger partial charge in [-0.3, -0.25) is 9.59 Å². The molecule has 35 heavy (non-hydrogen) atoms. The van der Waals surface area contributed by atoms with E-state index in [2.05, 4.69) is 11.4 Å². The summed E-state index contributed by atoms with van der Waals surface area (Å²) in [5.74, 6) is -0.0560. The second kappa shape index (κ2) is 11.3. The SMILES string of the molecule is Cc1cc(C)cc(NC(=O)c2c(N=Cc3ccc(OCC(N)=O)cc3)sc3c2CCCCCC3)c1. The van der Waals surface area contributed by atoms with Crippen LogP contribution in [0.2, 0.25) is 0 Å². The van der Waals surface area contributed by atoms with Crippen LogP contribution in [0.5, 0.6) is 5.75 Å². The van der Waals surface area contributed by atoms with E-state index < -0.39 is 5.91 Å². The molecule has 0 saturated heterocycles. The number of nitrogens with zero attached hydrogens (tertiary/aromatic N) is 1. The molecular formula is C28H31N3O3S. The molecule has 4 rings (SSSR count). The number of aliphatic imine (C=N–C) groups is 1. The van der Waals surface area contributed by atoms with E-state index in [4.69, 9.17) is 15.5 Å². The van der Waals surface area contributed by atoms with Crippen LogP contribution < -0.4 is 15.8 Å². The number of rotatable bonds is 7. The number of carbonyl (C=O) groups is 2. The number of thiophene rings is 1. The maximum atomic E-state index is 13.5. The number of carbonyl (C=O) groups excluding carboxylic acids is 2. The molecule has 6 nitrogen and oxygen atoms in total. The van der Waals surface area contributed by atoms with Crippen molar-refractivity contribution < 1.29 is 14.3 Å². The van der Waals surface area contributed by atoms with Gasteiger partial charge in [0, 0.05) is 16.8 Å². The van der Waals surface area contributed by atoms with Crippen molar-refractivity contribution in [2.45, 2.75) is 52.4 Å². The Kier molecular flexibility index (Phi) is 7.98. The van der Waals surface area contributed by atoms with Crippen LogP contribution in [0.1, 0.15) is 63.2 Å². The molecule has 0 radical (unpaired) electrons. The molecule has 2 aromatic carbocycles. The van der Waals surface area contributed by atoms with Gasteiger partial charge in [-0.1, -0.05) is 18.9 Å². The zero-order chi connectivity index (χ0) is 24.8. The first-order chi connectivity index (χ1) is 16.9. The van der Waals surface area contributed by atoms with E-state index >= 15 is 0 Å². The topological polar surface area (TPSA) is 93.8 Å². The average molecular weight is 490 g/mol. The third-order valence-electron chi connectivity index (χ3n) is 5.95. The number of nitrogens with two attached hydrogens (primary N) is 1. The first-order valence-electron chi connectivity index (χ1n) is 12.0. The summed E-state index contributed by atoms with van der Waals surface area (Å²) in [6, 6.07) is 13.3. The number of benzene rings is 2. The Morgan fingerprint density at radius 1 is 1.03 bits per heavy atom. The Balaban J connectivity index is 1.62. The Labute approximate surface area is 210 Å². The van der Waals surface area contributed by atoms with E-state index in [1.807, 2.05) is 38.1 Å². The maximum absolute atomic E-state index is 13.5. The smallest absolute Gasteiger partial charge is 0.259 e. The Bertz CT molecular complexity index is 1220. The number of fused-ring (bicyclic) bond motifs is 1. The van der Waals surface area contributed by atoms with Gasteiger partial charge >= 0.3 is 0 Å². The lowest BCUT2D eigenvalue weighted by Gasteiger charge is -2.12. The molecule has 3 N–H and O–H groups in total. The lowest BCUT2D eigenvalue weighted by molar-refractivity contribution is -0.119. The van der Waals surface area contributed by atoms with Gasteiger partial charge in [-0.2, -0.15) is 0 Å². The highest BCUT2D eigenvalue weighted by Gasteiger charge is 2.24. The minimum atomic E-state index is -0.518. The van der Waals surface area contributed by atoms with Crippen molar-refractivity contribution in [3.8, 4) is 5.75 Å². The molecule has 1 aliphatic carbocycles. The number of anilines is 1. The van der Waals surface area contributed by atoms with Crippen molar-refractivity contribution in [3.63, 3.8) is 0 Å². The van der Waals surface area contributed by atoms with E-state index in [9.17, 15) is 9.59 Å². The molecular weight excluding hydrogens is 458 g/mol. The highest BCUT2D eigenvalue weighted by molar-refractivity contribution is 7.16. The summed E-state index contributed by atoms with van der Waals surface area (Å²) < 4.78 is 5.32. The van der Waals surface area contributed by atoms with Crippen LogP contribution in [-0.4, -0.2) is 24.6 Å². The minimum Gasteiger partial charge on any atom is -0.484 e. The summed E-state index contributed by atoms with van der Waals surface area (Å²) in [5, 5.41) is 3.86. The van der Waals surface area contributed by atoms with Crippen molar-refractivity contribution in [2.24, 2.45) is 10.7 Å². The van der Waals surface area contributed by atoms with Gasteiger partial charge < -0.3 is 15.8 Å². The average Bonchev–Trinajstić information content (AvgIpc) is 3.12. The number of nitrogens with one attached hydrogen (secondary N) is 1. The summed E-state index contributed by atoms with van der Waals surface area (Å²) in [6.45, 7) is 3.90. The van der Waals surface area contributed by atoms with E-state index in [0.717, 1.165) is 58.6 Å². The Hall–Kier alpha value is -3.45. The quantitative estimate of drug-likeness (QED) is 0.405. The fourth-order valence-electron chi connectivity index (χ4n) is 4.41. The van der Waals surface area contributed by atoms with E-state index in [0.29, 0.717) is 11.3 Å². The number of ether oxygens (including phenoxy) is 1. The van der Waals surface area contributed by atoms with Crippen LogP contribution in [0.4, 0.5) is 10.7 Å². The van der Waals surface area contributed by atoms with Crippen LogP contribution >= 0.6 is 11.3 Å². The summed E-state index contributed by atoms with van der Waals surface area (Å²) in [7, 11) is 0. The predicted molar refractivity (Wildman–Crippen MR) is 142 cm³/mol. The van der Waals surface area contributed by atoms with E-state index in [1.165, 1.54) is 17.7 Å². The number of hydrogen-bond acceptors (Lipinski definition) is 5. The molecule has 0 fully saturated rings. The molecule has 3 aromatic rings. The zero-order valence-corrected chi connectivity index (χ0v) is 21.0. The lowest BCUT2D eigenvalue weighted by Crippen LogP contribution is -2.19. The number of aryl methyl sites for hydroxylation is 3. The van der Waals surface area contributed by atoms with Gasteiger partial charge in [0.05, 0.1) is 5.56 Å². The summed E-state index contributed by atoms with van der Waals surface area (Å²) >= 11 is 1.63. The van der Waals surface area contributed by atoms with Gasteiger partial charge in [0.2, 0.25) is 0 Å². The van der Waals surface area contributed by atoms with Crippen molar-refractivity contribution in [2.75, 3.05) is 11.9 Å². The molecule has 1 aromatic heterocycles. The molecule has 0 spiro atoms. The molecule has 7 heteroatoms. The molecule has 0 aliphatic heterocycles. The van der Waals surface area contributed by atoms with E-state index in [1.54, 1.807) is 29.7 Å². The van der Waals surface area contributed by atoms with Gasteiger partial charge in [0.15, 0.2) is 6.61 Å². The van der Waals surface area contributed by atoms with Crippen molar-refractivity contribution >= 4 is 40.1 Å². The van der Waals surface area contributed by atoms with Crippen LogP contribution in [0.25, 0.3) is 0 Å². The molecule has 0 atom stereocenters. The standard InChI is InChI=1S/C28H31N3O3S/c1-18-13-19(2)15-21(14-18)31-27(33)26-23-7-5-3-4-6-8-24(23)35-28(26)30-16-20-9-11-22(12-10-20)34-17-25(29)32/h9-16H,3-8,17H2,1-2H3,(H2,29,32)(H,31,33). The molecule has 2 amide bonds. The fourth-order valence-corrected chi connectivity index (χ4v) is 5.64. The highest BCUT2D eigenvalue weighted by atomic mass is 32.1. The molecule has 182 valence electrons. The summed E-state index contributed by atoms with van der Waals surface area (Å²) in [4.78, 5) is 30.5. The molecule has 1 aliphatic rings. The number of hydrogen-bond donors (Lipinski definition) is 2. The van der Waals surface area contributed by atoms with Crippen molar-refractivity contribution in [1.29, 1.82) is 0 Å². The second-order valence-corrected chi connectivity index (χ2v) is 10.1.